The molecule has 0 saturated heterocycles. The maximum absolute atomic E-state index is 13.7. The van der Waals surface area contributed by atoms with E-state index in [1.54, 1.807) is 23.0 Å². The van der Waals surface area contributed by atoms with Crippen molar-refractivity contribution in [3.05, 3.63) is 35.4 Å². The van der Waals surface area contributed by atoms with E-state index in [0.29, 0.717) is 11.5 Å². The third-order valence-electron chi connectivity index (χ3n) is 7.60. The molecule has 1 amide bonds. The summed E-state index contributed by atoms with van der Waals surface area (Å²) in [6.45, 7) is 21.3. The number of amides is 1. The Balaban J connectivity index is 0.00000247. The van der Waals surface area contributed by atoms with E-state index in [-0.39, 0.29) is 40.8 Å². The first-order valence-electron chi connectivity index (χ1n) is 14.2. The zero-order valence-electron chi connectivity index (χ0n) is 25.2. The zero-order chi connectivity index (χ0) is 28.9. The molecule has 214 valence electrons. The predicted octanol–water partition coefficient (Wildman–Crippen LogP) is 8.69. The van der Waals surface area contributed by atoms with Crippen molar-refractivity contribution in [3.63, 3.8) is 0 Å². The average molecular weight is 641 g/mol. The van der Waals surface area contributed by atoms with Gasteiger partial charge in [-0.3, -0.25) is 4.79 Å². The lowest BCUT2D eigenvalue weighted by Crippen LogP contribution is -2.51. The molecule has 0 aromatic heterocycles. The Hall–Kier alpha value is -1.64. The quantitative estimate of drug-likeness (QED) is 0.231. The van der Waals surface area contributed by atoms with Crippen LogP contribution in [0.4, 0.5) is 0 Å². The van der Waals surface area contributed by atoms with Crippen LogP contribution < -0.4 is 0 Å². The van der Waals surface area contributed by atoms with Crippen LogP contribution in [-0.4, -0.2) is 34.4 Å². The SMILES string of the molecule is CC.CC(C)OC(=O)c1ccc(C(CCC(C)(C)C)N2C(=O)C(OI)=NC23CCC(C(C)(C)C)CC3)cc1. The summed E-state index contributed by atoms with van der Waals surface area (Å²) in [7, 11) is 0. The number of hydrogen-bond donors (Lipinski definition) is 0. The van der Waals surface area contributed by atoms with Gasteiger partial charge in [-0.1, -0.05) is 67.5 Å². The molecule has 1 saturated carbocycles. The van der Waals surface area contributed by atoms with Crippen LogP contribution in [0.3, 0.4) is 0 Å². The number of nitrogens with zero attached hydrogens (tertiary/aromatic N) is 2. The predicted molar refractivity (Wildman–Crippen MR) is 163 cm³/mol. The van der Waals surface area contributed by atoms with Crippen LogP contribution in [0.5, 0.6) is 0 Å². The standard InChI is InChI=1S/C29H43IN2O4.C2H6/c1-19(2)35-26(34)21-11-9-20(10-12-21)23(15-16-27(3,4)5)32-25(33)24(36-30)31-29(32)17-13-22(14-18-29)28(6,7)8;1-2/h9-12,19,22-23H,13-18H2,1-8H3;1-2H3. The van der Waals surface area contributed by atoms with Gasteiger partial charge >= 0.3 is 11.9 Å². The monoisotopic (exact) mass is 640 g/mol. The molecule has 1 aromatic carbocycles. The molecular formula is C31H49IN2O4. The lowest BCUT2D eigenvalue weighted by Gasteiger charge is -2.47. The summed E-state index contributed by atoms with van der Waals surface area (Å²) in [6.07, 6.45) is 5.28. The van der Waals surface area contributed by atoms with Gasteiger partial charge in [0.1, 0.15) is 5.66 Å². The van der Waals surface area contributed by atoms with Gasteiger partial charge in [0, 0.05) is 0 Å². The van der Waals surface area contributed by atoms with Gasteiger partial charge in [-0.05, 0) is 86.8 Å². The van der Waals surface area contributed by atoms with Gasteiger partial charge in [-0.2, -0.15) is 0 Å². The van der Waals surface area contributed by atoms with E-state index in [1.807, 2.05) is 56.9 Å². The van der Waals surface area contributed by atoms with Crippen LogP contribution >= 0.6 is 23.0 Å². The van der Waals surface area contributed by atoms with E-state index in [1.165, 1.54) is 0 Å². The van der Waals surface area contributed by atoms with Crippen molar-refractivity contribution in [2.24, 2.45) is 21.7 Å². The highest BCUT2D eigenvalue weighted by Crippen LogP contribution is 2.50. The fraction of sp³-hybridized carbons (Fsp3) is 0.710. The number of halogens is 1. The summed E-state index contributed by atoms with van der Waals surface area (Å²) in [5.41, 5.74) is 1.28. The third-order valence-corrected chi connectivity index (χ3v) is 8.01. The molecule has 0 bridgehead atoms. The van der Waals surface area contributed by atoms with Crippen molar-refractivity contribution in [3.8, 4) is 0 Å². The van der Waals surface area contributed by atoms with E-state index >= 15 is 0 Å². The van der Waals surface area contributed by atoms with Crippen molar-refractivity contribution < 1.29 is 17.4 Å². The molecule has 3 rings (SSSR count). The second-order valence-electron chi connectivity index (χ2n) is 13.0. The summed E-state index contributed by atoms with van der Waals surface area (Å²) < 4.78 is 10.8. The van der Waals surface area contributed by atoms with Gasteiger partial charge < -0.3 is 12.7 Å². The molecule has 1 unspecified atom stereocenters. The molecule has 0 N–H and O–H groups in total. The molecule has 1 heterocycles. The van der Waals surface area contributed by atoms with Gasteiger partial charge in [-0.15, -0.1) is 0 Å². The number of aliphatic imine (C=N–C) groups is 1. The number of ether oxygens (including phenoxy) is 1. The molecule has 0 radical (unpaired) electrons. The number of carbonyl (C=O) groups excluding carboxylic acids is 2. The second-order valence-corrected chi connectivity index (χ2v) is 13.4. The largest absolute Gasteiger partial charge is 0.459 e. The first kappa shape index (κ1) is 32.6. The number of hydrogen-bond acceptors (Lipinski definition) is 5. The normalized spacial score (nSPS) is 22.6. The minimum Gasteiger partial charge on any atom is -0.459 e. The number of rotatable bonds is 6. The topological polar surface area (TPSA) is 68.2 Å². The van der Waals surface area contributed by atoms with Crippen LogP contribution in [0.2, 0.25) is 0 Å². The molecule has 1 atom stereocenters. The molecular weight excluding hydrogens is 591 g/mol. The van der Waals surface area contributed by atoms with Crippen molar-refractivity contribution in [2.45, 2.75) is 126 Å². The van der Waals surface area contributed by atoms with Crippen LogP contribution in [0.25, 0.3) is 0 Å². The number of esters is 1. The molecule has 38 heavy (non-hydrogen) atoms. The van der Waals surface area contributed by atoms with Crippen LogP contribution in [0, 0.1) is 16.7 Å². The van der Waals surface area contributed by atoms with Crippen molar-refractivity contribution in [2.75, 3.05) is 0 Å². The highest BCUT2D eigenvalue weighted by molar-refractivity contribution is 14.1. The summed E-state index contributed by atoms with van der Waals surface area (Å²) in [4.78, 5) is 33.1. The van der Waals surface area contributed by atoms with E-state index in [9.17, 15) is 9.59 Å². The van der Waals surface area contributed by atoms with Gasteiger partial charge in [0.15, 0.2) is 23.0 Å². The number of carbonyl (C=O) groups is 2. The van der Waals surface area contributed by atoms with Gasteiger partial charge in [0.05, 0.1) is 17.7 Å². The summed E-state index contributed by atoms with van der Waals surface area (Å²) in [5, 5.41) is 0. The highest BCUT2D eigenvalue weighted by atomic mass is 127. The molecule has 1 aliphatic heterocycles. The maximum Gasteiger partial charge on any atom is 0.338 e. The highest BCUT2D eigenvalue weighted by Gasteiger charge is 2.53. The van der Waals surface area contributed by atoms with Gasteiger partial charge in [0.25, 0.3) is 5.90 Å². The summed E-state index contributed by atoms with van der Waals surface area (Å²) in [6, 6.07) is 7.39. The lowest BCUT2D eigenvalue weighted by atomic mass is 9.69. The van der Waals surface area contributed by atoms with E-state index in [2.05, 4.69) is 41.5 Å². The molecule has 2 aliphatic rings. The maximum atomic E-state index is 13.7. The smallest absolute Gasteiger partial charge is 0.338 e. The molecule has 1 aliphatic carbocycles. The Morgan fingerprint density at radius 1 is 1.08 bits per heavy atom. The Kier molecular flexibility index (Phi) is 11.3. The molecule has 1 aromatic rings. The van der Waals surface area contributed by atoms with Gasteiger partial charge in [-0.25, -0.2) is 9.79 Å². The second kappa shape index (κ2) is 13.1. The van der Waals surface area contributed by atoms with E-state index in [0.717, 1.165) is 44.1 Å². The van der Waals surface area contributed by atoms with Crippen LogP contribution in [-0.2, 0) is 12.6 Å². The molecule has 7 heteroatoms. The van der Waals surface area contributed by atoms with Crippen LogP contribution in [0.15, 0.2) is 29.3 Å². The average Bonchev–Trinajstić information content (AvgIpc) is 3.10. The Morgan fingerprint density at radius 2 is 1.63 bits per heavy atom. The minimum absolute atomic E-state index is 0.114. The van der Waals surface area contributed by atoms with Crippen molar-refractivity contribution in [1.82, 2.24) is 4.90 Å². The lowest BCUT2D eigenvalue weighted by molar-refractivity contribution is -0.134. The molecule has 1 spiro atoms. The summed E-state index contributed by atoms with van der Waals surface area (Å²) >= 11 is 1.77. The first-order chi connectivity index (χ1) is 17.7. The Morgan fingerprint density at radius 3 is 2.08 bits per heavy atom. The fourth-order valence-corrected chi connectivity index (χ4v) is 5.79. The van der Waals surface area contributed by atoms with Crippen LogP contribution in [0.1, 0.15) is 130 Å². The number of benzene rings is 1. The van der Waals surface area contributed by atoms with Gasteiger partial charge in [0.2, 0.25) is 0 Å². The van der Waals surface area contributed by atoms with Crippen molar-refractivity contribution >= 4 is 40.8 Å². The van der Waals surface area contributed by atoms with E-state index in [4.69, 9.17) is 12.8 Å². The Bertz CT molecular complexity index is 965. The third kappa shape index (κ3) is 7.95. The fourth-order valence-electron chi connectivity index (χ4n) is 5.50. The molecule has 1 fully saturated rings. The first-order valence-corrected chi connectivity index (χ1v) is 15.1. The van der Waals surface area contributed by atoms with E-state index < -0.39 is 5.66 Å². The zero-order valence-corrected chi connectivity index (χ0v) is 27.3. The minimum atomic E-state index is -0.586. The molecule has 6 nitrogen and oxygen atoms in total. The summed E-state index contributed by atoms with van der Waals surface area (Å²) in [5.74, 6) is 0.323. The Labute approximate surface area is 245 Å². The van der Waals surface area contributed by atoms with Crippen molar-refractivity contribution in [1.29, 1.82) is 0 Å².